The maximum atomic E-state index is 12.9. The maximum absolute atomic E-state index is 12.9. The molecule has 0 aliphatic carbocycles. The van der Waals surface area contributed by atoms with Gasteiger partial charge in [-0.3, -0.25) is 4.79 Å². The highest BCUT2D eigenvalue weighted by Gasteiger charge is 2.21. The van der Waals surface area contributed by atoms with Crippen LogP contribution < -0.4 is 14.9 Å². The molecule has 178 valence electrons. The molecular formula is C25H27N3O5S. The first-order chi connectivity index (χ1) is 16.2. The fourth-order valence-corrected chi connectivity index (χ4v) is 4.02. The van der Waals surface area contributed by atoms with E-state index in [1.165, 1.54) is 31.3 Å². The van der Waals surface area contributed by atoms with Crippen LogP contribution in [0.5, 0.6) is 0 Å². The van der Waals surface area contributed by atoms with Crippen LogP contribution in [0.4, 0.5) is 17.1 Å². The number of anilines is 3. The number of ether oxygens (including phenoxy) is 1. The smallest absolute Gasteiger partial charge is 0.338 e. The zero-order valence-electron chi connectivity index (χ0n) is 19.2. The fraction of sp³-hybridized carbons (Fsp3) is 0.200. The van der Waals surface area contributed by atoms with Gasteiger partial charge in [-0.25, -0.2) is 17.9 Å². The summed E-state index contributed by atoms with van der Waals surface area (Å²) in [5.74, 6) is -1.09. The van der Waals surface area contributed by atoms with Crippen molar-refractivity contribution in [1.29, 1.82) is 0 Å². The third-order valence-electron chi connectivity index (χ3n) is 4.99. The number of nitrogens with zero attached hydrogens (tertiary/aromatic N) is 1. The summed E-state index contributed by atoms with van der Waals surface area (Å²) >= 11 is 0. The standard InChI is InChI=1S/C25H27N3O5S/c1-18(2)28(22-13-11-21(12-14-22)27-20-7-5-4-6-8-20)24(29)17-33-25(30)19-9-15-23(16-10-19)34(31,32)26-3/h4-16,18,26-27H,17H2,1-3H3. The van der Waals surface area contributed by atoms with E-state index in [-0.39, 0.29) is 22.4 Å². The van der Waals surface area contributed by atoms with Crippen LogP contribution in [0.1, 0.15) is 24.2 Å². The summed E-state index contributed by atoms with van der Waals surface area (Å²) in [6.07, 6.45) is 0. The Hall–Kier alpha value is -3.69. The quantitative estimate of drug-likeness (QED) is 0.449. The van der Waals surface area contributed by atoms with Crippen LogP contribution in [0.25, 0.3) is 0 Å². The zero-order chi connectivity index (χ0) is 24.7. The van der Waals surface area contributed by atoms with Crippen molar-refractivity contribution in [2.24, 2.45) is 0 Å². The second-order valence-corrected chi connectivity index (χ2v) is 9.59. The van der Waals surface area contributed by atoms with E-state index >= 15 is 0 Å². The van der Waals surface area contributed by atoms with Gasteiger partial charge in [0.1, 0.15) is 0 Å². The predicted molar refractivity (Wildman–Crippen MR) is 132 cm³/mol. The lowest BCUT2D eigenvalue weighted by atomic mass is 10.2. The molecule has 0 aliphatic rings. The first kappa shape index (κ1) is 24.9. The maximum Gasteiger partial charge on any atom is 0.338 e. The average molecular weight is 482 g/mol. The molecule has 9 heteroatoms. The minimum atomic E-state index is -3.61. The van der Waals surface area contributed by atoms with E-state index in [0.29, 0.717) is 5.69 Å². The molecule has 3 aromatic rings. The SMILES string of the molecule is CNS(=O)(=O)c1ccc(C(=O)OCC(=O)N(c2ccc(Nc3ccccc3)cc2)C(C)C)cc1. The van der Waals surface area contributed by atoms with Crippen molar-refractivity contribution in [2.75, 3.05) is 23.9 Å². The molecule has 2 N–H and O–H groups in total. The highest BCUT2D eigenvalue weighted by atomic mass is 32.2. The number of carbonyl (C=O) groups excluding carboxylic acids is 2. The van der Waals surface area contributed by atoms with Crippen LogP contribution in [-0.2, 0) is 19.6 Å². The van der Waals surface area contributed by atoms with E-state index in [4.69, 9.17) is 4.74 Å². The fourth-order valence-electron chi connectivity index (χ4n) is 3.29. The molecule has 0 atom stereocenters. The number of rotatable bonds is 9. The van der Waals surface area contributed by atoms with Gasteiger partial charge in [-0.2, -0.15) is 0 Å². The highest BCUT2D eigenvalue weighted by Crippen LogP contribution is 2.23. The summed E-state index contributed by atoms with van der Waals surface area (Å²) in [6.45, 7) is 3.30. The Kier molecular flexibility index (Phi) is 8.04. The van der Waals surface area contributed by atoms with Crippen LogP contribution in [0, 0.1) is 0 Å². The molecule has 0 bridgehead atoms. The summed E-state index contributed by atoms with van der Waals surface area (Å²) in [7, 11) is -2.30. The highest BCUT2D eigenvalue weighted by molar-refractivity contribution is 7.89. The van der Waals surface area contributed by atoms with Gasteiger partial charge in [0.2, 0.25) is 10.0 Å². The lowest BCUT2D eigenvalue weighted by Gasteiger charge is -2.27. The van der Waals surface area contributed by atoms with Gasteiger partial charge in [-0.05, 0) is 81.6 Å². The minimum absolute atomic E-state index is 0.0267. The molecule has 0 radical (unpaired) electrons. The summed E-state index contributed by atoms with van der Waals surface area (Å²) < 4.78 is 31.0. The molecule has 0 spiro atoms. The topological polar surface area (TPSA) is 105 Å². The van der Waals surface area contributed by atoms with Gasteiger partial charge < -0.3 is 15.0 Å². The summed E-state index contributed by atoms with van der Waals surface area (Å²) in [5, 5.41) is 3.29. The Morgan fingerprint density at radius 2 is 1.47 bits per heavy atom. The number of esters is 1. The molecule has 34 heavy (non-hydrogen) atoms. The van der Waals surface area contributed by atoms with Crippen LogP contribution in [-0.4, -0.2) is 40.0 Å². The first-order valence-electron chi connectivity index (χ1n) is 10.7. The molecule has 3 rings (SSSR count). The molecule has 0 aromatic heterocycles. The van der Waals surface area contributed by atoms with Crippen molar-refractivity contribution >= 4 is 39.0 Å². The predicted octanol–water partition coefficient (Wildman–Crippen LogP) is 3.94. The van der Waals surface area contributed by atoms with Crippen LogP contribution in [0.3, 0.4) is 0 Å². The van der Waals surface area contributed by atoms with Crippen molar-refractivity contribution in [2.45, 2.75) is 24.8 Å². The molecule has 0 unspecified atom stereocenters. The van der Waals surface area contributed by atoms with Crippen molar-refractivity contribution in [1.82, 2.24) is 4.72 Å². The van der Waals surface area contributed by atoms with Crippen molar-refractivity contribution < 1.29 is 22.7 Å². The normalized spacial score (nSPS) is 11.2. The van der Waals surface area contributed by atoms with E-state index < -0.39 is 22.6 Å². The Labute approximate surface area is 199 Å². The van der Waals surface area contributed by atoms with Gasteiger partial charge in [-0.1, -0.05) is 18.2 Å². The summed E-state index contributed by atoms with van der Waals surface area (Å²) in [5.41, 5.74) is 2.66. The number of benzene rings is 3. The van der Waals surface area contributed by atoms with Crippen molar-refractivity contribution in [3.63, 3.8) is 0 Å². The molecule has 0 fully saturated rings. The molecule has 0 heterocycles. The first-order valence-corrected chi connectivity index (χ1v) is 12.1. The van der Waals surface area contributed by atoms with Gasteiger partial charge in [0.05, 0.1) is 10.5 Å². The average Bonchev–Trinajstić information content (AvgIpc) is 2.84. The lowest BCUT2D eigenvalue weighted by molar-refractivity contribution is -0.122. The number of sulfonamides is 1. The zero-order valence-corrected chi connectivity index (χ0v) is 20.0. The minimum Gasteiger partial charge on any atom is -0.452 e. The number of hydrogen-bond donors (Lipinski definition) is 2. The number of para-hydroxylation sites is 1. The number of carbonyl (C=O) groups is 2. The van der Waals surface area contributed by atoms with E-state index in [1.807, 2.05) is 68.4 Å². The number of hydrogen-bond acceptors (Lipinski definition) is 6. The molecule has 3 aromatic carbocycles. The molecule has 8 nitrogen and oxygen atoms in total. The third-order valence-corrected chi connectivity index (χ3v) is 6.42. The van der Waals surface area contributed by atoms with Crippen LogP contribution in [0.15, 0.2) is 83.8 Å². The molecule has 0 aliphatic heterocycles. The molecule has 1 amide bonds. The molecule has 0 saturated carbocycles. The van der Waals surface area contributed by atoms with Gasteiger partial charge in [0.25, 0.3) is 5.91 Å². The van der Waals surface area contributed by atoms with Crippen LogP contribution >= 0.6 is 0 Å². The second-order valence-electron chi connectivity index (χ2n) is 7.70. The van der Waals surface area contributed by atoms with Gasteiger partial charge >= 0.3 is 5.97 Å². The molecule has 0 saturated heterocycles. The Bertz CT molecular complexity index is 1230. The number of nitrogens with one attached hydrogen (secondary N) is 2. The Morgan fingerprint density at radius 1 is 0.882 bits per heavy atom. The van der Waals surface area contributed by atoms with Crippen molar-refractivity contribution in [3.05, 3.63) is 84.4 Å². The van der Waals surface area contributed by atoms with E-state index in [1.54, 1.807) is 4.90 Å². The summed E-state index contributed by atoms with van der Waals surface area (Å²) in [4.78, 5) is 26.8. The van der Waals surface area contributed by atoms with E-state index in [2.05, 4.69) is 10.0 Å². The van der Waals surface area contributed by atoms with Crippen LogP contribution in [0.2, 0.25) is 0 Å². The number of amides is 1. The Balaban J connectivity index is 1.64. The summed E-state index contributed by atoms with van der Waals surface area (Å²) in [6, 6.07) is 22.3. The lowest BCUT2D eigenvalue weighted by Crippen LogP contribution is -2.39. The third kappa shape index (κ3) is 6.21. The monoisotopic (exact) mass is 481 g/mol. The van der Waals surface area contributed by atoms with E-state index in [0.717, 1.165) is 11.4 Å². The Morgan fingerprint density at radius 3 is 2.03 bits per heavy atom. The molecular weight excluding hydrogens is 454 g/mol. The largest absolute Gasteiger partial charge is 0.452 e. The van der Waals surface area contributed by atoms with Gasteiger partial charge in [0, 0.05) is 23.1 Å². The van der Waals surface area contributed by atoms with Gasteiger partial charge in [0.15, 0.2) is 6.61 Å². The van der Waals surface area contributed by atoms with Gasteiger partial charge in [-0.15, -0.1) is 0 Å². The van der Waals surface area contributed by atoms with Crippen molar-refractivity contribution in [3.8, 4) is 0 Å². The van der Waals surface area contributed by atoms with E-state index in [9.17, 15) is 18.0 Å². The second kappa shape index (κ2) is 11.0.